The fourth-order valence-electron chi connectivity index (χ4n) is 7.77. The summed E-state index contributed by atoms with van der Waals surface area (Å²) in [6, 6.07) is 0. The summed E-state index contributed by atoms with van der Waals surface area (Å²) in [6.45, 7) is 6.47. The van der Waals surface area contributed by atoms with Crippen LogP contribution in [0.2, 0.25) is 0 Å². The highest BCUT2D eigenvalue weighted by atomic mass is 16.6. The van der Waals surface area contributed by atoms with E-state index >= 15 is 0 Å². The largest absolute Gasteiger partial charge is 0.462 e. The van der Waals surface area contributed by atoms with E-state index in [1.807, 2.05) is 0 Å². The number of hydrogen-bond acceptors (Lipinski definition) is 6. The lowest BCUT2D eigenvalue weighted by atomic mass is 10.1. The Morgan fingerprint density at radius 1 is 0.319 bits per heavy atom. The van der Waals surface area contributed by atoms with Crippen LogP contribution in [0.15, 0.2) is 97.2 Å². The molecule has 0 aliphatic rings. The molecule has 0 spiro atoms. The second-order valence-electron chi connectivity index (χ2n) is 18.9. The maximum absolute atomic E-state index is 12.8. The highest BCUT2D eigenvalue weighted by Crippen LogP contribution is 2.14. The summed E-state index contributed by atoms with van der Waals surface area (Å²) < 4.78 is 16.8. The Morgan fingerprint density at radius 2 is 0.609 bits per heavy atom. The van der Waals surface area contributed by atoms with E-state index in [1.54, 1.807) is 0 Å². The summed E-state index contributed by atoms with van der Waals surface area (Å²) in [5, 5.41) is 0. The number of allylic oxidation sites excluding steroid dienone is 16. The van der Waals surface area contributed by atoms with Crippen LogP contribution in [-0.4, -0.2) is 37.2 Å². The summed E-state index contributed by atoms with van der Waals surface area (Å²) in [6.07, 6.45) is 75.4. The van der Waals surface area contributed by atoms with Crippen LogP contribution in [0.1, 0.15) is 265 Å². The molecule has 0 fully saturated rings. The van der Waals surface area contributed by atoms with Crippen molar-refractivity contribution in [1.82, 2.24) is 0 Å². The zero-order chi connectivity index (χ0) is 50.0. The molecule has 0 amide bonds. The maximum atomic E-state index is 12.8. The molecular formula is C63H106O6. The van der Waals surface area contributed by atoms with Gasteiger partial charge in [0.2, 0.25) is 0 Å². The second-order valence-corrected chi connectivity index (χ2v) is 18.9. The molecular weight excluding hydrogens is 853 g/mol. The van der Waals surface area contributed by atoms with Crippen molar-refractivity contribution in [2.24, 2.45) is 0 Å². The van der Waals surface area contributed by atoms with Crippen molar-refractivity contribution in [2.45, 2.75) is 271 Å². The third kappa shape index (κ3) is 55.1. The minimum Gasteiger partial charge on any atom is -0.462 e. The number of carbonyl (C=O) groups excluding carboxylic acids is 3. The average Bonchev–Trinajstić information content (AvgIpc) is 3.35. The first-order valence-corrected chi connectivity index (χ1v) is 28.8. The van der Waals surface area contributed by atoms with Gasteiger partial charge in [0.15, 0.2) is 6.10 Å². The van der Waals surface area contributed by atoms with Crippen molar-refractivity contribution in [3.63, 3.8) is 0 Å². The second kappa shape index (κ2) is 56.9. The Balaban J connectivity index is 4.50. The molecule has 6 heteroatoms. The molecule has 394 valence electrons. The van der Waals surface area contributed by atoms with Gasteiger partial charge < -0.3 is 14.2 Å². The third-order valence-corrected chi connectivity index (χ3v) is 12.1. The quantitative estimate of drug-likeness (QED) is 0.0199. The lowest BCUT2D eigenvalue weighted by molar-refractivity contribution is -0.167. The van der Waals surface area contributed by atoms with E-state index in [1.165, 1.54) is 103 Å². The summed E-state index contributed by atoms with van der Waals surface area (Å²) in [7, 11) is 0. The Labute approximate surface area is 426 Å². The number of esters is 3. The van der Waals surface area contributed by atoms with E-state index in [9.17, 15) is 14.4 Å². The van der Waals surface area contributed by atoms with Gasteiger partial charge >= 0.3 is 17.9 Å². The van der Waals surface area contributed by atoms with E-state index in [-0.39, 0.29) is 37.5 Å². The molecule has 1 atom stereocenters. The molecule has 0 rings (SSSR count). The predicted octanol–water partition coefficient (Wildman–Crippen LogP) is 19.3. The van der Waals surface area contributed by atoms with Crippen LogP contribution in [0.4, 0.5) is 0 Å². The molecule has 0 N–H and O–H groups in total. The summed E-state index contributed by atoms with van der Waals surface area (Å²) >= 11 is 0. The topological polar surface area (TPSA) is 78.9 Å². The maximum Gasteiger partial charge on any atom is 0.306 e. The molecule has 0 aromatic heterocycles. The molecule has 0 aromatic carbocycles. The molecule has 0 radical (unpaired) electrons. The highest BCUT2D eigenvalue weighted by Gasteiger charge is 2.19. The van der Waals surface area contributed by atoms with Crippen molar-refractivity contribution in [1.29, 1.82) is 0 Å². The highest BCUT2D eigenvalue weighted by molar-refractivity contribution is 5.71. The lowest BCUT2D eigenvalue weighted by Gasteiger charge is -2.18. The van der Waals surface area contributed by atoms with Crippen LogP contribution in [-0.2, 0) is 28.6 Å². The average molecular weight is 960 g/mol. The van der Waals surface area contributed by atoms with Crippen molar-refractivity contribution in [3.05, 3.63) is 97.2 Å². The van der Waals surface area contributed by atoms with Gasteiger partial charge in [0.25, 0.3) is 0 Å². The molecule has 1 unspecified atom stereocenters. The number of ether oxygens (including phenoxy) is 3. The van der Waals surface area contributed by atoms with Gasteiger partial charge in [-0.1, -0.05) is 234 Å². The van der Waals surface area contributed by atoms with Crippen molar-refractivity contribution < 1.29 is 28.6 Å². The SMILES string of the molecule is CC/C=C\C/C=C\C/C=C\C/C=C\CCCCCCCCC(=O)OCC(COC(=O)CCCCC/C=C\C=C/CCCCCCCCC)OC(=O)CCCCC/C=C\C=C/CCCCCCCCC. The number of carbonyl (C=O) groups is 3. The summed E-state index contributed by atoms with van der Waals surface area (Å²) in [4.78, 5) is 38.1. The predicted molar refractivity (Wildman–Crippen MR) is 297 cm³/mol. The van der Waals surface area contributed by atoms with E-state index < -0.39 is 6.10 Å². The normalized spacial score (nSPS) is 12.8. The van der Waals surface area contributed by atoms with Crippen LogP contribution in [0.3, 0.4) is 0 Å². The summed E-state index contributed by atoms with van der Waals surface area (Å²) in [5.74, 6) is -0.968. The first kappa shape index (κ1) is 65.3. The van der Waals surface area contributed by atoms with Gasteiger partial charge in [0.1, 0.15) is 13.2 Å². The number of rotatable bonds is 51. The van der Waals surface area contributed by atoms with Gasteiger partial charge in [-0.25, -0.2) is 0 Å². The van der Waals surface area contributed by atoms with Crippen LogP contribution in [0.25, 0.3) is 0 Å². The Bertz CT molecular complexity index is 1380. The minimum absolute atomic E-state index is 0.105. The van der Waals surface area contributed by atoms with Crippen LogP contribution in [0.5, 0.6) is 0 Å². The van der Waals surface area contributed by atoms with Crippen molar-refractivity contribution >= 4 is 17.9 Å². The van der Waals surface area contributed by atoms with Crippen molar-refractivity contribution in [2.75, 3.05) is 13.2 Å². The first-order valence-electron chi connectivity index (χ1n) is 28.8. The van der Waals surface area contributed by atoms with Crippen molar-refractivity contribution in [3.8, 4) is 0 Å². The first-order chi connectivity index (χ1) is 34.0. The molecule has 69 heavy (non-hydrogen) atoms. The van der Waals surface area contributed by atoms with E-state index in [2.05, 4.69) is 118 Å². The lowest BCUT2D eigenvalue weighted by Crippen LogP contribution is -2.30. The molecule has 0 aliphatic carbocycles. The van der Waals surface area contributed by atoms with Crippen LogP contribution < -0.4 is 0 Å². The molecule has 0 saturated carbocycles. The smallest absolute Gasteiger partial charge is 0.306 e. The molecule has 0 bridgehead atoms. The monoisotopic (exact) mass is 959 g/mol. The van der Waals surface area contributed by atoms with Crippen LogP contribution >= 0.6 is 0 Å². The Morgan fingerprint density at radius 3 is 0.986 bits per heavy atom. The minimum atomic E-state index is -0.810. The third-order valence-electron chi connectivity index (χ3n) is 12.1. The standard InChI is InChI=1S/C63H106O6/c1-4-7-10-13-16-19-22-25-28-31-32-33-36-38-41-44-47-50-53-56-62(65)68-59-60(69-63(66)57-54-51-48-45-42-39-35-30-27-24-21-18-15-12-9-6-3)58-67-61(64)55-52-49-46-43-40-37-34-29-26-23-20-17-14-11-8-5-2/h7,10,16,19,25,28-30,32-35,37,39-40,42,60H,4-6,8-9,11-15,17-18,20-24,26-27,31,36,38,41,43-59H2,1-3H3/b10-7-,19-16-,28-25-,33-32-,34-29-,35-30-,40-37-,42-39-. The van der Waals surface area contributed by atoms with Gasteiger partial charge in [0, 0.05) is 19.3 Å². The Kier molecular flexibility index (Phi) is 53.9. The van der Waals surface area contributed by atoms with Gasteiger partial charge in [-0.05, 0) is 109 Å². The molecule has 0 heterocycles. The molecule has 6 nitrogen and oxygen atoms in total. The van der Waals surface area contributed by atoms with Gasteiger partial charge in [-0.15, -0.1) is 0 Å². The molecule has 0 aromatic rings. The summed E-state index contributed by atoms with van der Waals surface area (Å²) in [5.41, 5.74) is 0. The Hall–Kier alpha value is -3.67. The number of unbranched alkanes of at least 4 members (excludes halogenated alkanes) is 26. The van der Waals surface area contributed by atoms with E-state index in [0.717, 1.165) is 122 Å². The van der Waals surface area contributed by atoms with E-state index in [4.69, 9.17) is 14.2 Å². The zero-order valence-corrected chi connectivity index (χ0v) is 45.0. The molecule has 0 saturated heterocycles. The molecule has 0 aliphatic heterocycles. The zero-order valence-electron chi connectivity index (χ0n) is 45.0. The van der Waals surface area contributed by atoms with Gasteiger partial charge in [-0.3, -0.25) is 14.4 Å². The fourth-order valence-corrected chi connectivity index (χ4v) is 7.77. The van der Waals surface area contributed by atoms with Gasteiger partial charge in [0.05, 0.1) is 0 Å². The van der Waals surface area contributed by atoms with Gasteiger partial charge in [-0.2, -0.15) is 0 Å². The fraction of sp³-hybridized carbons (Fsp3) is 0.698. The number of hydrogen-bond donors (Lipinski definition) is 0. The van der Waals surface area contributed by atoms with E-state index in [0.29, 0.717) is 12.8 Å². The van der Waals surface area contributed by atoms with Crippen LogP contribution in [0, 0.1) is 0 Å².